The van der Waals surface area contributed by atoms with Gasteiger partial charge in [0.1, 0.15) is 0 Å². The van der Waals surface area contributed by atoms with E-state index in [0.717, 1.165) is 71.4 Å². The van der Waals surface area contributed by atoms with Crippen LogP contribution in [0, 0.1) is 22.7 Å². The van der Waals surface area contributed by atoms with Crippen LogP contribution in [0.15, 0.2) is 0 Å². The van der Waals surface area contributed by atoms with E-state index in [9.17, 15) is 10.5 Å². The Bertz CT molecular complexity index is 754. The zero-order valence-corrected chi connectivity index (χ0v) is 18.4. The van der Waals surface area contributed by atoms with E-state index in [4.69, 9.17) is 11.6 Å². The summed E-state index contributed by atoms with van der Waals surface area (Å²) in [7, 11) is 0. The minimum absolute atomic E-state index is 0.356. The molecule has 3 aliphatic carbocycles. The van der Waals surface area contributed by atoms with Gasteiger partial charge in [0.15, 0.2) is 0 Å². The van der Waals surface area contributed by atoms with Crippen LogP contribution < -0.4 is 0 Å². The second-order valence-electron chi connectivity index (χ2n) is 9.53. The fourth-order valence-electron chi connectivity index (χ4n) is 6.37. The summed E-state index contributed by atoms with van der Waals surface area (Å²) in [5, 5.41) is 21.4. The van der Waals surface area contributed by atoms with Crippen molar-refractivity contribution in [1.82, 2.24) is 0 Å². The highest BCUT2D eigenvalue weighted by molar-refractivity contribution is 6.32. The van der Waals surface area contributed by atoms with Gasteiger partial charge in [-0.2, -0.15) is 10.5 Å². The first-order valence-electron chi connectivity index (χ1n) is 12.0. The SMILES string of the molecule is N#Cc1c(C2CCCCC2)c(Cl)c(C2CCCCC2)c(C#N)c1C1CCCCC1. The Balaban J connectivity index is 1.94. The van der Waals surface area contributed by atoms with Crippen molar-refractivity contribution in [1.29, 1.82) is 10.5 Å². The van der Waals surface area contributed by atoms with Gasteiger partial charge in [-0.15, -0.1) is 0 Å². The number of nitrogens with zero attached hydrogens (tertiary/aromatic N) is 2. The quantitative estimate of drug-likeness (QED) is 0.505. The zero-order chi connectivity index (χ0) is 20.2. The van der Waals surface area contributed by atoms with E-state index >= 15 is 0 Å². The smallest absolute Gasteiger partial charge is 0.0998 e. The Labute approximate surface area is 181 Å². The number of rotatable bonds is 3. The normalized spacial score (nSPS) is 22.2. The van der Waals surface area contributed by atoms with E-state index in [1.807, 2.05) is 0 Å². The Morgan fingerprint density at radius 3 is 1.14 bits per heavy atom. The molecule has 0 unspecified atom stereocenters. The van der Waals surface area contributed by atoms with Crippen molar-refractivity contribution in [2.24, 2.45) is 0 Å². The first-order chi connectivity index (χ1) is 14.3. The molecular formula is C26H33ClN2. The van der Waals surface area contributed by atoms with E-state index in [-0.39, 0.29) is 0 Å². The monoisotopic (exact) mass is 408 g/mol. The molecule has 0 amide bonds. The molecule has 1 aromatic carbocycles. The lowest BCUT2D eigenvalue weighted by atomic mass is 9.71. The standard InChI is InChI=1S/C26H33ClN2/c27-26-24(19-12-6-2-7-13-19)21(16-28)23(18-10-4-1-5-11-18)22(17-29)25(26)20-14-8-3-9-15-20/h18-20H,1-15H2. The molecule has 0 N–H and O–H groups in total. The van der Waals surface area contributed by atoms with Gasteiger partial charge in [-0.1, -0.05) is 69.4 Å². The summed E-state index contributed by atoms with van der Waals surface area (Å²) in [5.74, 6) is 1.14. The molecule has 0 aliphatic heterocycles. The summed E-state index contributed by atoms with van der Waals surface area (Å²) in [6.45, 7) is 0. The third-order valence-electron chi connectivity index (χ3n) is 7.81. The van der Waals surface area contributed by atoms with Gasteiger partial charge in [-0.25, -0.2) is 0 Å². The highest BCUT2D eigenvalue weighted by Crippen LogP contribution is 2.49. The van der Waals surface area contributed by atoms with Crippen LogP contribution in [0.4, 0.5) is 0 Å². The average molecular weight is 409 g/mol. The minimum Gasteiger partial charge on any atom is -0.192 e. The molecule has 2 nitrogen and oxygen atoms in total. The van der Waals surface area contributed by atoms with E-state index in [1.54, 1.807) is 0 Å². The molecule has 29 heavy (non-hydrogen) atoms. The third-order valence-corrected chi connectivity index (χ3v) is 8.22. The van der Waals surface area contributed by atoms with E-state index in [0.29, 0.717) is 17.8 Å². The first kappa shape index (κ1) is 20.8. The number of hydrogen-bond acceptors (Lipinski definition) is 2. The predicted octanol–water partition coefficient (Wildman–Crippen LogP) is 8.23. The molecule has 0 radical (unpaired) electrons. The van der Waals surface area contributed by atoms with Crippen LogP contribution in [0.1, 0.15) is 142 Å². The van der Waals surface area contributed by atoms with Gasteiger partial charge in [0, 0.05) is 0 Å². The van der Waals surface area contributed by atoms with Gasteiger partial charge in [-0.05, 0) is 73.0 Å². The Kier molecular flexibility index (Phi) is 6.82. The van der Waals surface area contributed by atoms with E-state index in [2.05, 4.69) is 12.1 Å². The molecule has 0 bridgehead atoms. The lowest BCUT2D eigenvalue weighted by Gasteiger charge is -2.33. The van der Waals surface area contributed by atoms with Crippen molar-refractivity contribution in [3.63, 3.8) is 0 Å². The predicted molar refractivity (Wildman–Crippen MR) is 118 cm³/mol. The van der Waals surface area contributed by atoms with Crippen molar-refractivity contribution < 1.29 is 0 Å². The number of nitriles is 2. The van der Waals surface area contributed by atoms with Crippen molar-refractivity contribution >= 4 is 11.6 Å². The summed E-state index contributed by atoms with van der Waals surface area (Å²) in [6, 6.07) is 5.14. The fourth-order valence-corrected chi connectivity index (χ4v) is 6.87. The highest BCUT2D eigenvalue weighted by Gasteiger charge is 2.34. The van der Waals surface area contributed by atoms with Gasteiger partial charge in [0.2, 0.25) is 0 Å². The summed E-state index contributed by atoms with van der Waals surface area (Å²) in [5.41, 5.74) is 4.89. The van der Waals surface area contributed by atoms with Crippen LogP contribution in [0.5, 0.6) is 0 Å². The van der Waals surface area contributed by atoms with Crippen LogP contribution in [-0.4, -0.2) is 0 Å². The summed E-state index contributed by atoms with van der Waals surface area (Å²) < 4.78 is 0. The van der Waals surface area contributed by atoms with Gasteiger partial charge >= 0.3 is 0 Å². The van der Waals surface area contributed by atoms with Crippen LogP contribution in [0.3, 0.4) is 0 Å². The topological polar surface area (TPSA) is 47.6 Å². The molecule has 3 fully saturated rings. The van der Waals surface area contributed by atoms with Crippen LogP contribution in [0.25, 0.3) is 0 Å². The maximum atomic E-state index is 10.3. The van der Waals surface area contributed by atoms with Crippen LogP contribution in [-0.2, 0) is 0 Å². The van der Waals surface area contributed by atoms with Crippen molar-refractivity contribution in [2.75, 3.05) is 0 Å². The largest absolute Gasteiger partial charge is 0.192 e. The minimum atomic E-state index is 0.356. The lowest BCUT2D eigenvalue weighted by Crippen LogP contribution is -2.18. The van der Waals surface area contributed by atoms with Crippen molar-refractivity contribution in [3.8, 4) is 12.1 Å². The molecule has 1 aromatic rings. The van der Waals surface area contributed by atoms with Crippen molar-refractivity contribution in [2.45, 2.75) is 114 Å². The third kappa shape index (κ3) is 4.07. The molecule has 0 spiro atoms. The van der Waals surface area contributed by atoms with E-state index < -0.39 is 0 Å². The maximum Gasteiger partial charge on any atom is 0.0998 e. The molecule has 0 aromatic heterocycles. The molecule has 154 valence electrons. The Morgan fingerprint density at radius 1 is 0.517 bits per heavy atom. The summed E-state index contributed by atoms with van der Waals surface area (Å²) >= 11 is 7.15. The highest BCUT2D eigenvalue weighted by atomic mass is 35.5. The average Bonchev–Trinajstić information content (AvgIpc) is 2.79. The molecule has 3 aliphatic rings. The number of halogens is 1. The molecule has 3 heteroatoms. The fraction of sp³-hybridized carbons (Fsp3) is 0.692. The first-order valence-corrected chi connectivity index (χ1v) is 12.3. The molecule has 3 saturated carbocycles. The zero-order valence-electron chi connectivity index (χ0n) is 17.6. The van der Waals surface area contributed by atoms with Crippen LogP contribution in [0.2, 0.25) is 5.02 Å². The molecular weight excluding hydrogens is 376 g/mol. The van der Waals surface area contributed by atoms with Gasteiger partial charge < -0.3 is 0 Å². The summed E-state index contributed by atoms with van der Waals surface area (Å²) in [6.07, 6.45) is 17.9. The lowest BCUT2D eigenvalue weighted by molar-refractivity contribution is 0.426. The van der Waals surface area contributed by atoms with Crippen LogP contribution >= 0.6 is 11.6 Å². The van der Waals surface area contributed by atoms with Gasteiger partial charge in [-0.3, -0.25) is 0 Å². The molecule has 0 heterocycles. The summed E-state index contributed by atoms with van der Waals surface area (Å²) in [4.78, 5) is 0. The number of hydrogen-bond donors (Lipinski definition) is 0. The van der Waals surface area contributed by atoms with Gasteiger partial charge in [0.05, 0.1) is 28.3 Å². The molecule has 0 saturated heterocycles. The second-order valence-corrected chi connectivity index (χ2v) is 9.91. The Hall–Kier alpha value is -1.51. The maximum absolute atomic E-state index is 10.3. The van der Waals surface area contributed by atoms with E-state index in [1.165, 1.54) is 57.8 Å². The van der Waals surface area contributed by atoms with Gasteiger partial charge in [0.25, 0.3) is 0 Å². The number of benzene rings is 1. The molecule has 4 rings (SSSR count). The molecule has 0 atom stereocenters. The Morgan fingerprint density at radius 2 is 0.828 bits per heavy atom. The second kappa shape index (κ2) is 9.53. The van der Waals surface area contributed by atoms with Crippen molar-refractivity contribution in [3.05, 3.63) is 32.8 Å².